The van der Waals surface area contributed by atoms with Gasteiger partial charge < -0.3 is 5.73 Å². The molecule has 2 aliphatic rings. The molecule has 0 aromatic rings. The van der Waals surface area contributed by atoms with E-state index in [4.69, 9.17) is 5.73 Å². The summed E-state index contributed by atoms with van der Waals surface area (Å²) in [5.74, 6) is 0.624. The largest absolute Gasteiger partial charge is 0.329 e. The van der Waals surface area contributed by atoms with Gasteiger partial charge in [-0.15, -0.1) is 0 Å². The summed E-state index contributed by atoms with van der Waals surface area (Å²) >= 11 is 0. The van der Waals surface area contributed by atoms with Crippen LogP contribution in [-0.2, 0) is 9.84 Å². The minimum absolute atomic E-state index is 0.242. The Kier molecular flexibility index (Phi) is 3.05. The summed E-state index contributed by atoms with van der Waals surface area (Å²) in [7, 11) is -2.86. The second-order valence-electron chi connectivity index (χ2n) is 4.82. The van der Waals surface area contributed by atoms with Gasteiger partial charge in [0.15, 0.2) is 9.84 Å². The average molecular weight is 232 g/mol. The number of hydrogen-bond acceptors (Lipinski definition) is 4. The van der Waals surface area contributed by atoms with Crippen LogP contribution in [0.3, 0.4) is 0 Å². The first-order valence-electron chi connectivity index (χ1n) is 5.74. The molecule has 0 bridgehead atoms. The molecule has 1 atom stereocenters. The lowest BCUT2D eigenvalue weighted by Gasteiger charge is -2.43. The third kappa shape index (κ3) is 2.19. The minimum atomic E-state index is -2.86. The molecule has 0 aliphatic carbocycles. The van der Waals surface area contributed by atoms with Crippen molar-refractivity contribution in [3.63, 3.8) is 0 Å². The molecule has 5 heteroatoms. The lowest BCUT2D eigenvalue weighted by atomic mass is 9.93. The highest BCUT2D eigenvalue weighted by molar-refractivity contribution is 7.91. The Morgan fingerprint density at radius 3 is 2.40 bits per heavy atom. The summed E-state index contributed by atoms with van der Waals surface area (Å²) in [4.78, 5) is 2.31. The third-order valence-electron chi connectivity index (χ3n) is 3.74. The number of nitrogens with zero attached hydrogens (tertiary/aromatic N) is 1. The Balaban J connectivity index is 2.20. The molecule has 2 saturated heterocycles. The van der Waals surface area contributed by atoms with Gasteiger partial charge in [-0.3, -0.25) is 4.90 Å². The number of sulfone groups is 1. The van der Waals surface area contributed by atoms with E-state index in [0.717, 1.165) is 25.9 Å². The Bertz CT molecular complexity index is 322. The number of hydrogen-bond donors (Lipinski definition) is 1. The monoisotopic (exact) mass is 232 g/mol. The van der Waals surface area contributed by atoms with E-state index in [1.807, 2.05) is 0 Å². The summed E-state index contributed by atoms with van der Waals surface area (Å²) in [6.45, 7) is 2.52. The van der Waals surface area contributed by atoms with Gasteiger partial charge in [-0.25, -0.2) is 8.42 Å². The first-order chi connectivity index (χ1) is 7.08. The fourth-order valence-corrected chi connectivity index (χ4v) is 4.90. The topological polar surface area (TPSA) is 63.4 Å². The summed E-state index contributed by atoms with van der Waals surface area (Å²) in [5, 5.41) is 0. The molecule has 0 aromatic carbocycles. The lowest BCUT2D eigenvalue weighted by Crippen LogP contribution is -2.59. The standard InChI is InChI=1S/C10H20N2O2S/c11-8-10(12-5-1-2-6-12)4-3-7-15(13,14)9-10/h1-9,11H2. The summed E-state index contributed by atoms with van der Waals surface area (Å²) in [6.07, 6.45) is 4.09. The van der Waals surface area contributed by atoms with E-state index in [1.54, 1.807) is 0 Å². The predicted octanol–water partition coefficient (Wildman–Crippen LogP) is -0.0117. The molecule has 15 heavy (non-hydrogen) atoms. The molecule has 88 valence electrons. The molecule has 0 saturated carbocycles. The van der Waals surface area contributed by atoms with E-state index in [1.165, 1.54) is 12.8 Å². The van der Waals surface area contributed by atoms with Crippen LogP contribution in [0.25, 0.3) is 0 Å². The zero-order valence-corrected chi connectivity index (χ0v) is 9.93. The summed E-state index contributed by atoms with van der Waals surface area (Å²) in [6, 6.07) is 0. The van der Waals surface area contributed by atoms with Crippen LogP contribution in [-0.4, -0.2) is 50.0 Å². The molecule has 2 N–H and O–H groups in total. The average Bonchev–Trinajstić information content (AvgIpc) is 2.69. The van der Waals surface area contributed by atoms with Crippen LogP contribution in [0.1, 0.15) is 25.7 Å². The van der Waals surface area contributed by atoms with Crippen molar-refractivity contribution in [2.75, 3.05) is 31.1 Å². The van der Waals surface area contributed by atoms with Crippen molar-refractivity contribution in [2.24, 2.45) is 5.73 Å². The molecule has 0 amide bonds. The van der Waals surface area contributed by atoms with Crippen LogP contribution < -0.4 is 5.73 Å². The Labute approximate surface area is 91.7 Å². The van der Waals surface area contributed by atoms with Gasteiger partial charge in [0.1, 0.15) is 0 Å². The fraction of sp³-hybridized carbons (Fsp3) is 1.00. The maximum Gasteiger partial charge on any atom is 0.152 e. The molecule has 2 heterocycles. The third-order valence-corrected chi connectivity index (χ3v) is 5.63. The normalized spacial score (nSPS) is 36.9. The molecule has 2 fully saturated rings. The molecule has 0 radical (unpaired) electrons. The van der Waals surface area contributed by atoms with Crippen LogP contribution in [0.4, 0.5) is 0 Å². The van der Waals surface area contributed by atoms with Crippen LogP contribution in [0.15, 0.2) is 0 Å². The minimum Gasteiger partial charge on any atom is -0.329 e. The van der Waals surface area contributed by atoms with E-state index in [0.29, 0.717) is 12.3 Å². The second-order valence-corrected chi connectivity index (χ2v) is 7.00. The van der Waals surface area contributed by atoms with E-state index in [-0.39, 0.29) is 11.3 Å². The van der Waals surface area contributed by atoms with Gasteiger partial charge >= 0.3 is 0 Å². The predicted molar refractivity (Wildman–Crippen MR) is 60.5 cm³/mol. The van der Waals surface area contributed by atoms with Crippen molar-refractivity contribution in [2.45, 2.75) is 31.2 Å². The molecule has 1 unspecified atom stereocenters. The molecular formula is C10H20N2O2S. The molecule has 0 spiro atoms. The highest BCUT2D eigenvalue weighted by Crippen LogP contribution is 2.31. The Morgan fingerprint density at radius 2 is 1.87 bits per heavy atom. The van der Waals surface area contributed by atoms with Crippen LogP contribution in [0.5, 0.6) is 0 Å². The summed E-state index contributed by atoms with van der Waals surface area (Å²) < 4.78 is 23.4. The van der Waals surface area contributed by atoms with Gasteiger partial charge in [0.2, 0.25) is 0 Å². The molecular weight excluding hydrogens is 212 g/mol. The van der Waals surface area contributed by atoms with Crippen molar-refractivity contribution in [3.05, 3.63) is 0 Å². The van der Waals surface area contributed by atoms with E-state index in [2.05, 4.69) is 4.90 Å². The molecule has 2 rings (SSSR count). The lowest BCUT2D eigenvalue weighted by molar-refractivity contribution is 0.130. The van der Waals surface area contributed by atoms with E-state index < -0.39 is 9.84 Å². The van der Waals surface area contributed by atoms with E-state index in [9.17, 15) is 8.42 Å². The van der Waals surface area contributed by atoms with Gasteiger partial charge in [0.25, 0.3) is 0 Å². The van der Waals surface area contributed by atoms with E-state index >= 15 is 0 Å². The second kappa shape index (κ2) is 4.03. The molecule has 0 aromatic heterocycles. The number of rotatable bonds is 2. The Morgan fingerprint density at radius 1 is 1.20 bits per heavy atom. The van der Waals surface area contributed by atoms with Crippen molar-refractivity contribution in [1.29, 1.82) is 0 Å². The van der Waals surface area contributed by atoms with Gasteiger partial charge in [0.05, 0.1) is 11.5 Å². The van der Waals surface area contributed by atoms with Crippen molar-refractivity contribution < 1.29 is 8.42 Å². The van der Waals surface area contributed by atoms with Crippen LogP contribution in [0.2, 0.25) is 0 Å². The zero-order chi connectivity index (χ0) is 10.9. The quantitative estimate of drug-likeness (QED) is 0.727. The highest BCUT2D eigenvalue weighted by atomic mass is 32.2. The zero-order valence-electron chi connectivity index (χ0n) is 9.11. The van der Waals surface area contributed by atoms with Gasteiger partial charge in [0, 0.05) is 12.1 Å². The smallest absolute Gasteiger partial charge is 0.152 e. The number of likely N-dealkylation sites (tertiary alicyclic amines) is 1. The molecule has 2 aliphatic heterocycles. The first-order valence-corrected chi connectivity index (χ1v) is 7.56. The first kappa shape index (κ1) is 11.4. The van der Waals surface area contributed by atoms with Gasteiger partial charge in [-0.2, -0.15) is 0 Å². The molecule has 4 nitrogen and oxygen atoms in total. The van der Waals surface area contributed by atoms with Crippen LogP contribution in [0, 0.1) is 0 Å². The van der Waals surface area contributed by atoms with Gasteiger partial charge in [-0.05, 0) is 38.8 Å². The highest BCUT2D eigenvalue weighted by Gasteiger charge is 2.43. The number of nitrogens with two attached hydrogens (primary N) is 1. The maximum absolute atomic E-state index is 11.7. The van der Waals surface area contributed by atoms with Crippen molar-refractivity contribution in [1.82, 2.24) is 4.90 Å². The fourth-order valence-electron chi connectivity index (χ4n) is 2.91. The van der Waals surface area contributed by atoms with Crippen molar-refractivity contribution >= 4 is 9.84 Å². The SMILES string of the molecule is NCC1(N2CCCC2)CCCS(=O)(=O)C1. The Hall–Kier alpha value is -0.130. The summed E-state index contributed by atoms with van der Waals surface area (Å²) in [5.41, 5.74) is 5.59. The maximum atomic E-state index is 11.7. The van der Waals surface area contributed by atoms with Gasteiger partial charge in [-0.1, -0.05) is 0 Å². The van der Waals surface area contributed by atoms with Crippen LogP contribution >= 0.6 is 0 Å². The van der Waals surface area contributed by atoms with Crippen molar-refractivity contribution in [3.8, 4) is 0 Å².